The molecule has 3 aromatic rings. The van der Waals surface area contributed by atoms with Crippen LogP contribution in [0.1, 0.15) is 48.0 Å². The van der Waals surface area contributed by atoms with Crippen LogP contribution in [0.15, 0.2) is 36.7 Å². The van der Waals surface area contributed by atoms with Gasteiger partial charge in [-0.1, -0.05) is 31.5 Å². The summed E-state index contributed by atoms with van der Waals surface area (Å²) >= 11 is 6.56. The number of pyridine rings is 1. The number of benzene rings is 1. The van der Waals surface area contributed by atoms with Gasteiger partial charge in [0, 0.05) is 11.6 Å². The normalized spacial score (nSPS) is 13.8. The number of nitrogens with zero attached hydrogens (tertiary/aromatic N) is 2. The molecule has 0 aliphatic carbocycles. The van der Waals surface area contributed by atoms with Crippen molar-refractivity contribution in [2.45, 2.75) is 59.1 Å². The lowest BCUT2D eigenvalue weighted by Crippen LogP contribution is -2.52. The summed E-state index contributed by atoms with van der Waals surface area (Å²) in [5.41, 5.74) is 1.45. The van der Waals surface area contributed by atoms with E-state index in [2.05, 4.69) is 34.3 Å². The molecule has 1 atom stereocenters. The number of alkyl carbamates (subject to hydrolysis) is 1. The minimum Gasteiger partial charge on any atom is -0.490 e. The van der Waals surface area contributed by atoms with E-state index in [-0.39, 0.29) is 6.61 Å². The highest BCUT2D eigenvalue weighted by molar-refractivity contribution is 6.32. The Kier molecular flexibility index (Phi) is 6.98. The summed E-state index contributed by atoms with van der Waals surface area (Å²) in [5.74, 6) is 0.898. The fourth-order valence-corrected chi connectivity index (χ4v) is 3.96. The van der Waals surface area contributed by atoms with E-state index in [9.17, 15) is 4.79 Å². The molecular formula is C24H31ClN4O3. The van der Waals surface area contributed by atoms with Crippen molar-refractivity contribution >= 4 is 28.7 Å². The number of H-pyrrole nitrogens is 1. The van der Waals surface area contributed by atoms with E-state index >= 15 is 0 Å². The molecule has 0 saturated heterocycles. The van der Waals surface area contributed by atoms with E-state index < -0.39 is 17.2 Å². The van der Waals surface area contributed by atoms with Gasteiger partial charge in [0.2, 0.25) is 0 Å². The van der Waals surface area contributed by atoms with Gasteiger partial charge in [0.1, 0.15) is 18.0 Å². The summed E-state index contributed by atoms with van der Waals surface area (Å²) in [7, 11) is 0. The van der Waals surface area contributed by atoms with Crippen molar-refractivity contribution < 1.29 is 14.3 Å². The van der Waals surface area contributed by atoms with Crippen LogP contribution >= 0.6 is 11.6 Å². The molecule has 0 saturated carbocycles. The Labute approximate surface area is 193 Å². The van der Waals surface area contributed by atoms with Crippen LogP contribution in [-0.2, 0) is 4.74 Å². The molecule has 8 heteroatoms. The van der Waals surface area contributed by atoms with Gasteiger partial charge in [0.25, 0.3) is 0 Å². The number of halogens is 1. The van der Waals surface area contributed by atoms with E-state index in [1.165, 1.54) is 0 Å². The third-order valence-corrected chi connectivity index (χ3v) is 5.10. The van der Waals surface area contributed by atoms with Crippen molar-refractivity contribution in [3.05, 3.63) is 41.7 Å². The zero-order valence-corrected chi connectivity index (χ0v) is 20.2. The second kappa shape index (κ2) is 9.36. The molecule has 1 aromatic carbocycles. The van der Waals surface area contributed by atoms with Gasteiger partial charge in [-0.2, -0.15) is 5.10 Å². The fraction of sp³-hybridized carbons (Fsp3) is 0.458. The Hall–Kier alpha value is -2.80. The number of nitrogens with one attached hydrogen (secondary N) is 2. The molecule has 3 rings (SSSR count). The second-order valence-corrected chi connectivity index (χ2v) is 10.1. The largest absolute Gasteiger partial charge is 0.490 e. The van der Waals surface area contributed by atoms with Gasteiger partial charge in [-0.3, -0.25) is 5.10 Å². The molecule has 172 valence electrons. The topological polar surface area (TPSA) is 89.1 Å². The highest BCUT2D eigenvalue weighted by atomic mass is 35.5. The Morgan fingerprint density at radius 1 is 1.22 bits per heavy atom. The minimum absolute atomic E-state index is 0.255. The summed E-state index contributed by atoms with van der Waals surface area (Å²) in [6.07, 6.45) is 3.73. The standard InChI is InChI=1S/C24H31ClN4O3/c1-15(2)12-24(6,28-22(30)32-23(3,4)5)14-31-20-8-7-16(11-19(20)25)17-9-10-26-21-18(17)13-27-29-21/h7-11,13,15H,12,14H2,1-6H3,(H,28,30)(H,26,27,29). The van der Waals surface area contributed by atoms with Gasteiger partial charge in [0.15, 0.2) is 5.65 Å². The highest BCUT2D eigenvalue weighted by Gasteiger charge is 2.31. The van der Waals surface area contributed by atoms with E-state index in [0.717, 1.165) is 28.6 Å². The van der Waals surface area contributed by atoms with Gasteiger partial charge in [-0.05, 0) is 69.4 Å². The maximum Gasteiger partial charge on any atom is 0.408 e. The van der Waals surface area contributed by atoms with Gasteiger partial charge >= 0.3 is 6.09 Å². The van der Waals surface area contributed by atoms with Crippen LogP contribution in [0, 0.1) is 5.92 Å². The maximum absolute atomic E-state index is 12.4. The number of hydrogen-bond acceptors (Lipinski definition) is 5. The van der Waals surface area contributed by atoms with E-state index in [4.69, 9.17) is 21.1 Å². The zero-order valence-electron chi connectivity index (χ0n) is 19.5. The summed E-state index contributed by atoms with van der Waals surface area (Å²) in [4.78, 5) is 16.7. The van der Waals surface area contributed by atoms with E-state index in [1.807, 2.05) is 52.0 Å². The lowest BCUT2D eigenvalue weighted by molar-refractivity contribution is 0.0408. The number of aromatic nitrogens is 3. The summed E-state index contributed by atoms with van der Waals surface area (Å²) in [5, 5.41) is 11.3. The van der Waals surface area contributed by atoms with E-state index in [0.29, 0.717) is 16.7 Å². The molecule has 2 heterocycles. The molecule has 32 heavy (non-hydrogen) atoms. The summed E-state index contributed by atoms with van der Waals surface area (Å²) in [6.45, 7) is 11.9. The van der Waals surface area contributed by atoms with Crippen molar-refractivity contribution in [3.8, 4) is 16.9 Å². The number of amides is 1. The predicted molar refractivity (Wildman–Crippen MR) is 127 cm³/mol. The third-order valence-electron chi connectivity index (χ3n) is 4.80. The quantitative estimate of drug-likeness (QED) is 0.454. The van der Waals surface area contributed by atoms with Crippen molar-refractivity contribution in [2.24, 2.45) is 5.92 Å². The molecule has 0 fully saturated rings. The number of hydrogen-bond donors (Lipinski definition) is 2. The SMILES string of the molecule is CC(C)CC(C)(COc1ccc(-c2ccnc3[nH]ncc23)cc1Cl)NC(=O)OC(C)(C)C. The monoisotopic (exact) mass is 458 g/mol. The van der Waals surface area contributed by atoms with Gasteiger partial charge < -0.3 is 14.8 Å². The number of fused-ring (bicyclic) bond motifs is 1. The number of carbonyl (C=O) groups is 1. The van der Waals surface area contributed by atoms with E-state index in [1.54, 1.807) is 12.4 Å². The number of carbonyl (C=O) groups excluding carboxylic acids is 1. The second-order valence-electron chi connectivity index (χ2n) is 9.71. The molecule has 0 spiro atoms. The van der Waals surface area contributed by atoms with Crippen LogP contribution in [0.5, 0.6) is 5.75 Å². The van der Waals surface area contributed by atoms with Crippen molar-refractivity contribution in [1.82, 2.24) is 20.5 Å². The Morgan fingerprint density at radius 3 is 2.62 bits per heavy atom. The first-order valence-electron chi connectivity index (χ1n) is 10.7. The zero-order chi connectivity index (χ0) is 23.5. The molecule has 7 nitrogen and oxygen atoms in total. The van der Waals surface area contributed by atoms with Crippen LogP contribution in [0.3, 0.4) is 0 Å². The smallest absolute Gasteiger partial charge is 0.408 e. The molecular weight excluding hydrogens is 428 g/mol. The molecule has 0 bridgehead atoms. The number of rotatable bonds is 7. The molecule has 1 unspecified atom stereocenters. The third kappa shape index (κ3) is 6.13. The lowest BCUT2D eigenvalue weighted by Gasteiger charge is -2.33. The van der Waals surface area contributed by atoms with Crippen molar-refractivity contribution in [1.29, 1.82) is 0 Å². The van der Waals surface area contributed by atoms with Crippen molar-refractivity contribution in [3.63, 3.8) is 0 Å². The first-order chi connectivity index (χ1) is 15.0. The van der Waals surface area contributed by atoms with Crippen LogP contribution < -0.4 is 10.1 Å². The first kappa shape index (κ1) is 23.9. The van der Waals surface area contributed by atoms with Crippen LogP contribution in [-0.4, -0.2) is 39.0 Å². The van der Waals surface area contributed by atoms with Crippen molar-refractivity contribution in [2.75, 3.05) is 6.61 Å². The minimum atomic E-state index is -0.618. The maximum atomic E-state index is 12.4. The van der Waals surface area contributed by atoms with Crippen LogP contribution in [0.2, 0.25) is 5.02 Å². The molecule has 0 aliphatic heterocycles. The molecule has 2 aromatic heterocycles. The van der Waals surface area contributed by atoms with Gasteiger partial charge in [0.05, 0.1) is 16.8 Å². The average Bonchev–Trinajstić information content (AvgIpc) is 3.13. The van der Waals surface area contributed by atoms with Crippen LogP contribution in [0.4, 0.5) is 4.79 Å². The Bertz CT molecular complexity index is 1090. The molecule has 0 radical (unpaired) electrons. The molecule has 1 amide bonds. The average molecular weight is 459 g/mol. The Morgan fingerprint density at radius 2 is 1.97 bits per heavy atom. The predicted octanol–water partition coefficient (Wildman–Crippen LogP) is 5.99. The fourth-order valence-electron chi connectivity index (χ4n) is 3.72. The van der Waals surface area contributed by atoms with Gasteiger partial charge in [-0.15, -0.1) is 0 Å². The lowest BCUT2D eigenvalue weighted by atomic mass is 9.91. The van der Waals surface area contributed by atoms with Crippen LogP contribution in [0.25, 0.3) is 22.2 Å². The first-order valence-corrected chi connectivity index (χ1v) is 11.1. The number of aromatic amines is 1. The number of ether oxygens (including phenoxy) is 2. The highest BCUT2D eigenvalue weighted by Crippen LogP contribution is 2.33. The van der Waals surface area contributed by atoms with Gasteiger partial charge in [-0.25, -0.2) is 9.78 Å². The summed E-state index contributed by atoms with van der Waals surface area (Å²) in [6, 6.07) is 7.57. The molecule has 2 N–H and O–H groups in total. The molecule has 0 aliphatic rings. The summed E-state index contributed by atoms with van der Waals surface area (Å²) < 4.78 is 11.5. The Balaban J connectivity index is 1.76.